The number of hydrogen-bond acceptors (Lipinski definition) is 7. The number of aliphatic hydroxyl groups is 1. The molecule has 7 heteroatoms. The topological polar surface area (TPSA) is 107 Å². The number of carbonyl (C=O) groups excluding carboxylic acids is 4. The van der Waals surface area contributed by atoms with Gasteiger partial charge in [-0.1, -0.05) is 40.2 Å². The Morgan fingerprint density at radius 3 is 2.53 bits per heavy atom. The van der Waals surface area contributed by atoms with Crippen molar-refractivity contribution >= 4 is 23.5 Å². The minimum Gasteiger partial charge on any atom is -0.457 e. The van der Waals surface area contributed by atoms with Crippen molar-refractivity contribution in [1.82, 2.24) is 0 Å². The molecule has 0 heterocycles. The number of Topliss-reactive ketones (excluding diaryl/α,β-unsaturated/α-hetero) is 1. The molecule has 0 aromatic carbocycles. The number of ether oxygens (including phenoxy) is 2. The van der Waals surface area contributed by atoms with E-state index in [1.807, 2.05) is 19.9 Å². The zero-order valence-electron chi connectivity index (χ0n) is 22.4. The monoisotopic (exact) mass is 502 g/mol. The van der Waals surface area contributed by atoms with Gasteiger partial charge in [-0.15, -0.1) is 0 Å². The van der Waals surface area contributed by atoms with Crippen LogP contribution in [-0.4, -0.2) is 46.9 Å². The Kier molecular flexibility index (Phi) is 7.28. The van der Waals surface area contributed by atoms with Crippen molar-refractivity contribution in [3.63, 3.8) is 0 Å². The average molecular weight is 503 g/mol. The van der Waals surface area contributed by atoms with Gasteiger partial charge in [-0.3, -0.25) is 19.2 Å². The second-order valence-electron chi connectivity index (χ2n) is 12.1. The van der Waals surface area contributed by atoms with Gasteiger partial charge in [-0.25, -0.2) is 0 Å². The summed E-state index contributed by atoms with van der Waals surface area (Å²) in [7, 11) is 0. The van der Waals surface area contributed by atoms with Gasteiger partial charge >= 0.3 is 11.9 Å². The number of hydrogen-bond donors (Lipinski definition) is 1. The molecule has 0 radical (unpaired) electrons. The molecular formula is C29H42O7. The third kappa shape index (κ3) is 4.06. The van der Waals surface area contributed by atoms with E-state index < -0.39 is 35.7 Å². The Labute approximate surface area is 214 Å². The molecule has 0 spiro atoms. The summed E-state index contributed by atoms with van der Waals surface area (Å²) < 4.78 is 11.3. The van der Waals surface area contributed by atoms with E-state index in [4.69, 9.17) is 9.47 Å². The summed E-state index contributed by atoms with van der Waals surface area (Å²) in [4.78, 5) is 50.7. The maximum Gasteiger partial charge on any atom is 0.306 e. The highest BCUT2D eigenvalue weighted by atomic mass is 16.6. The van der Waals surface area contributed by atoms with E-state index in [-0.39, 0.29) is 53.5 Å². The summed E-state index contributed by atoms with van der Waals surface area (Å²) in [5.41, 5.74) is -1.30. The van der Waals surface area contributed by atoms with Gasteiger partial charge in [0.1, 0.15) is 0 Å². The van der Waals surface area contributed by atoms with Crippen LogP contribution in [0.15, 0.2) is 11.6 Å². The van der Waals surface area contributed by atoms with Crippen LogP contribution in [0, 0.1) is 34.5 Å². The fraction of sp³-hybridized carbons (Fsp3) is 0.793. The summed E-state index contributed by atoms with van der Waals surface area (Å²) in [5, 5.41) is 11.7. The molecule has 4 aliphatic rings. The van der Waals surface area contributed by atoms with Crippen molar-refractivity contribution in [1.29, 1.82) is 0 Å². The number of allylic oxidation sites excluding steroid dienone is 1. The summed E-state index contributed by atoms with van der Waals surface area (Å²) in [6.45, 7) is 9.48. The minimum absolute atomic E-state index is 0.0127. The number of ketones is 2. The van der Waals surface area contributed by atoms with Crippen molar-refractivity contribution in [3.8, 4) is 0 Å². The highest BCUT2D eigenvalue weighted by molar-refractivity contribution is 5.93. The quantitative estimate of drug-likeness (QED) is 0.516. The third-order valence-corrected chi connectivity index (χ3v) is 10.2. The normalized spacial score (nSPS) is 41.4. The number of rotatable bonds is 7. The van der Waals surface area contributed by atoms with E-state index in [9.17, 15) is 24.3 Å². The predicted molar refractivity (Wildman–Crippen MR) is 133 cm³/mol. The van der Waals surface area contributed by atoms with Crippen LogP contribution in [0.2, 0.25) is 0 Å². The van der Waals surface area contributed by atoms with Gasteiger partial charge in [0, 0.05) is 24.7 Å². The van der Waals surface area contributed by atoms with Gasteiger partial charge in [0.05, 0.1) is 6.10 Å². The molecule has 0 amide bonds. The van der Waals surface area contributed by atoms with Crippen molar-refractivity contribution < 1.29 is 33.8 Å². The molecule has 4 rings (SSSR count). The Morgan fingerprint density at radius 2 is 1.86 bits per heavy atom. The fourth-order valence-electron chi connectivity index (χ4n) is 8.60. The summed E-state index contributed by atoms with van der Waals surface area (Å²) >= 11 is 0. The average Bonchev–Trinajstić information content (AvgIpc) is 3.11. The van der Waals surface area contributed by atoms with Crippen LogP contribution in [-0.2, 0) is 28.7 Å². The first-order valence-corrected chi connectivity index (χ1v) is 13.8. The van der Waals surface area contributed by atoms with Gasteiger partial charge < -0.3 is 14.6 Å². The lowest BCUT2D eigenvalue weighted by molar-refractivity contribution is -0.204. The van der Waals surface area contributed by atoms with Crippen LogP contribution in [0.1, 0.15) is 92.4 Å². The standard InChI is InChI=1S/C29H42O7/c1-6-8-25(34)35-16-23(32)29(36-24(33)7-2)12-10-20-19-13-17(3)21-14-18(30)9-11-27(21,4)26(19)22(31)15-28(20,29)5/h14,17,19-20,22,26,31H,6-13,15-16H2,1-5H3/t17?,19-,20-,22?,26+,27-,28-,29-/m0/s1. The predicted octanol–water partition coefficient (Wildman–Crippen LogP) is 4.34. The Balaban J connectivity index is 1.71. The van der Waals surface area contributed by atoms with Gasteiger partial charge in [-0.05, 0) is 73.7 Å². The Bertz CT molecular complexity index is 969. The molecule has 0 aromatic heterocycles. The summed E-state index contributed by atoms with van der Waals surface area (Å²) in [6, 6.07) is 0. The molecule has 0 aromatic rings. The smallest absolute Gasteiger partial charge is 0.306 e. The SMILES string of the molecule is CCCC(=O)OCC(=O)[C@@]1(OC(=O)CC)CC[C@H]2[C@@H]3CC(C)C4=CC(=O)CC[C@]4(C)[C@H]3C(O)C[C@@]21C. The molecule has 3 saturated carbocycles. The largest absolute Gasteiger partial charge is 0.457 e. The van der Waals surface area contributed by atoms with Gasteiger partial charge in [0.2, 0.25) is 5.78 Å². The first kappa shape index (κ1) is 27.0. The van der Waals surface area contributed by atoms with Gasteiger partial charge in [0.25, 0.3) is 0 Å². The maximum atomic E-state index is 13.8. The fourth-order valence-corrected chi connectivity index (χ4v) is 8.60. The number of aliphatic hydroxyl groups excluding tert-OH is 1. The lowest BCUT2D eigenvalue weighted by Gasteiger charge is -2.62. The lowest BCUT2D eigenvalue weighted by atomic mass is 9.44. The number of esters is 2. The zero-order valence-corrected chi connectivity index (χ0v) is 22.4. The molecule has 1 N–H and O–H groups in total. The third-order valence-electron chi connectivity index (χ3n) is 10.2. The molecule has 8 atom stereocenters. The van der Waals surface area contributed by atoms with E-state index in [1.165, 1.54) is 0 Å². The van der Waals surface area contributed by atoms with Crippen LogP contribution < -0.4 is 0 Å². The molecule has 4 aliphatic carbocycles. The van der Waals surface area contributed by atoms with Crippen LogP contribution in [0.5, 0.6) is 0 Å². The molecule has 0 bridgehead atoms. The lowest BCUT2D eigenvalue weighted by Crippen LogP contribution is -2.63. The molecular weight excluding hydrogens is 460 g/mol. The molecule has 0 aliphatic heterocycles. The molecule has 200 valence electrons. The second kappa shape index (κ2) is 9.70. The van der Waals surface area contributed by atoms with Crippen molar-refractivity contribution in [2.75, 3.05) is 6.61 Å². The van der Waals surface area contributed by atoms with Crippen LogP contribution in [0.25, 0.3) is 0 Å². The zero-order chi connectivity index (χ0) is 26.5. The molecule has 3 fully saturated rings. The van der Waals surface area contributed by atoms with E-state index in [0.29, 0.717) is 32.1 Å². The summed E-state index contributed by atoms with van der Waals surface area (Å²) in [5.74, 6) is -0.713. The van der Waals surface area contributed by atoms with Crippen molar-refractivity contribution in [3.05, 3.63) is 11.6 Å². The maximum absolute atomic E-state index is 13.8. The first-order valence-electron chi connectivity index (χ1n) is 13.8. The van der Waals surface area contributed by atoms with E-state index in [1.54, 1.807) is 6.92 Å². The second-order valence-corrected chi connectivity index (χ2v) is 12.1. The van der Waals surface area contributed by atoms with Crippen LogP contribution in [0.3, 0.4) is 0 Å². The van der Waals surface area contributed by atoms with Gasteiger partial charge in [-0.2, -0.15) is 0 Å². The highest BCUT2D eigenvalue weighted by Crippen LogP contribution is 2.69. The van der Waals surface area contributed by atoms with E-state index in [0.717, 1.165) is 18.4 Å². The number of fused-ring (bicyclic) bond motifs is 5. The molecule has 0 saturated heterocycles. The van der Waals surface area contributed by atoms with E-state index >= 15 is 0 Å². The highest BCUT2D eigenvalue weighted by Gasteiger charge is 2.71. The Hall–Kier alpha value is -2.02. The number of carbonyl (C=O) groups is 4. The summed E-state index contributed by atoms with van der Waals surface area (Å²) in [6.07, 6.45) is 5.56. The molecule has 2 unspecified atom stereocenters. The van der Waals surface area contributed by atoms with Gasteiger partial charge in [0.15, 0.2) is 18.0 Å². The van der Waals surface area contributed by atoms with E-state index in [2.05, 4.69) is 13.8 Å². The molecule has 36 heavy (non-hydrogen) atoms. The van der Waals surface area contributed by atoms with Crippen LogP contribution in [0.4, 0.5) is 0 Å². The van der Waals surface area contributed by atoms with Crippen LogP contribution >= 0.6 is 0 Å². The molecule has 7 nitrogen and oxygen atoms in total. The minimum atomic E-state index is -1.42. The Morgan fingerprint density at radius 1 is 1.14 bits per heavy atom. The van der Waals surface area contributed by atoms with Crippen molar-refractivity contribution in [2.24, 2.45) is 34.5 Å². The van der Waals surface area contributed by atoms with Crippen molar-refractivity contribution in [2.45, 2.75) is 104 Å². The first-order chi connectivity index (χ1) is 16.9.